The molecular weight excluding hydrogens is 498 g/mol. The molecule has 1 aromatic carbocycles. The van der Waals surface area contributed by atoms with Crippen molar-refractivity contribution in [1.82, 2.24) is 20.1 Å². The Morgan fingerprint density at radius 3 is 2.67 bits per heavy atom. The summed E-state index contributed by atoms with van der Waals surface area (Å²) in [7, 11) is 0. The number of nitrogens with zero attached hydrogens (tertiary/aromatic N) is 4. The summed E-state index contributed by atoms with van der Waals surface area (Å²) in [4.78, 5) is 60.8. The number of hydrogen-bond donors (Lipinski definition) is 1. The van der Waals surface area contributed by atoms with E-state index in [-0.39, 0.29) is 30.2 Å². The van der Waals surface area contributed by atoms with Gasteiger partial charge in [-0.1, -0.05) is 0 Å². The van der Waals surface area contributed by atoms with Crippen molar-refractivity contribution < 1.29 is 23.9 Å². The molecule has 4 amide bonds. The summed E-state index contributed by atoms with van der Waals surface area (Å²) in [5.74, 6) is 0.463. The molecule has 204 valence electrons. The lowest BCUT2D eigenvalue weighted by Crippen LogP contribution is -2.52. The van der Waals surface area contributed by atoms with Gasteiger partial charge in [-0.2, -0.15) is 0 Å². The highest BCUT2D eigenvalue weighted by Gasteiger charge is 2.39. The summed E-state index contributed by atoms with van der Waals surface area (Å²) in [5.41, 5.74) is 1.99. The minimum atomic E-state index is -0.647. The topological polar surface area (TPSA) is 112 Å². The lowest BCUT2D eigenvalue weighted by atomic mass is 10.0. The Labute approximate surface area is 227 Å². The molecule has 1 N–H and O–H groups in total. The van der Waals surface area contributed by atoms with E-state index in [9.17, 15) is 19.2 Å². The zero-order valence-corrected chi connectivity index (χ0v) is 21.9. The molecule has 0 spiro atoms. The molecule has 0 radical (unpaired) electrons. The molecule has 1 aromatic heterocycles. The van der Waals surface area contributed by atoms with Crippen LogP contribution in [0.1, 0.15) is 71.2 Å². The number of likely N-dealkylation sites (tertiary alicyclic amines) is 1. The minimum absolute atomic E-state index is 0.00210. The van der Waals surface area contributed by atoms with E-state index < -0.39 is 11.9 Å². The summed E-state index contributed by atoms with van der Waals surface area (Å²) in [5, 5.41) is 2.33. The van der Waals surface area contributed by atoms with Crippen LogP contribution in [-0.4, -0.2) is 76.7 Å². The molecule has 0 aliphatic carbocycles. The second-order valence-electron chi connectivity index (χ2n) is 10.7. The van der Waals surface area contributed by atoms with Crippen LogP contribution in [0.2, 0.25) is 0 Å². The fraction of sp³-hybridized carbons (Fsp3) is 0.483. The number of amides is 4. The highest BCUT2D eigenvalue weighted by atomic mass is 16.5. The van der Waals surface area contributed by atoms with Gasteiger partial charge in [-0.15, -0.1) is 0 Å². The minimum Gasteiger partial charge on any atom is -0.491 e. The molecule has 1 unspecified atom stereocenters. The van der Waals surface area contributed by atoms with E-state index in [2.05, 4.69) is 15.2 Å². The number of carbonyl (C=O) groups is 4. The third-order valence-electron chi connectivity index (χ3n) is 8.25. The largest absolute Gasteiger partial charge is 0.491 e. The summed E-state index contributed by atoms with van der Waals surface area (Å²) in [6, 6.07) is 8.35. The fourth-order valence-electron chi connectivity index (χ4n) is 6.17. The summed E-state index contributed by atoms with van der Waals surface area (Å²) >= 11 is 0. The molecule has 3 fully saturated rings. The van der Waals surface area contributed by atoms with Crippen molar-refractivity contribution in [2.45, 2.75) is 63.6 Å². The van der Waals surface area contributed by atoms with E-state index in [0.29, 0.717) is 43.0 Å². The number of rotatable bonds is 6. The van der Waals surface area contributed by atoms with Gasteiger partial charge in [-0.05, 0) is 74.4 Å². The highest BCUT2D eigenvalue weighted by Crippen LogP contribution is 2.31. The van der Waals surface area contributed by atoms with Crippen molar-refractivity contribution in [2.24, 2.45) is 0 Å². The SMILES string of the molecule is O=C1CCC(N2Cc3cc(OC[C@@H]4CCCCN4C(=O)c4cccnc4N4CCCC4)ccc3C2=O)C(=O)N1. The average molecular weight is 532 g/mol. The predicted octanol–water partition coefficient (Wildman–Crippen LogP) is 2.52. The molecule has 0 saturated carbocycles. The molecule has 5 heterocycles. The van der Waals surface area contributed by atoms with Gasteiger partial charge < -0.3 is 19.4 Å². The molecule has 0 bridgehead atoms. The number of benzene rings is 1. The molecule has 39 heavy (non-hydrogen) atoms. The van der Waals surface area contributed by atoms with Crippen LogP contribution in [0, 0.1) is 0 Å². The maximum absolute atomic E-state index is 13.7. The molecule has 10 nitrogen and oxygen atoms in total. The van der Waals surface area contributed by atoms with Crippen LogP contribution in [0.15, 0.2) is 36.5 Å². The number of imide groups is 1. The second-order valence-corrected chi connectivity index (χ2v) is 10.7. The van der Waals surface area contributed by atoms with Gasteiger partial charge in [0.2, 0.25) is 11.8 Å². The molecule has 3 saturated heterocycles. The summed E-state index contributed by atoms with van der Waals surface area (Å²) < 4.78 is 6.19. The van der Waals surface area contributed by atoms with Crippen molar-refractivity contribution in [2.75, 3.05) is 31.1 Å². The fourth-order valence-corrected chi connectivity index (χ4v) is 6.17. The van der Waals surface area contributed by atoms with Gasteiger partial charge >= 0.3 is 0 Å². The Morgan fingerprint density at radius 1 is 1.03 bits per heavy atom. The van der Waals surface area contributed by atoms with E-state index in [1.54, 1.807) is 18.3 Å². The zero-order chi connectivity index (χ0) is 26.9. The number of ether oxygens (including phenoxy) is 1. The van der Waals surface area contributed by atoms with Gasteiger partial charge in [0, 0.05) is 44.4 Å². The average Bonchev–Trinajstić information content (AvgIpc) is 3.60. The van der Waals surface area contributed by atoms with Crippen LogP contribution in [0.4, 0.5) is 5.82 Å². The number of hydrogen-bond acceptors (Lipinski definition) is 7. The van der Waals surface area contributed by atoms with E-state index >= 15 is 0 Å². The molecule has 4 aliphatic heterocycles. The number of carbonyl (C=O) groups excluding carboxylic acids is 4. The first kappa shape index (κ1) is 25.3. The Hall–Kier alpha value is -3.95. The Kier molecular flexibility index (Phi) is 6.93. The van der Waals surface area contributed by atoms with Gasteiger partial charge in [-0.25, -0.2) is 4.98 Å². The van der Waals surface area contributed by atoms with E-state index in [4.69, 9.17) is 4.74 Å². The highest BCUT2D eigenvalue weighted by molar-refractivity contribution is 6.05. The van der Waals surface area contributed by atoms with Crippen molar-refractivity contribution in [3.05, 3.63) is 53.2 Å². The second kappa shape index (κ2) is 10.7. The first-order valence-electron chi connectivity index (χ1n) is 13.9. The van der Waals surface area contributed by atoms with Crippen molar-refractivity contribution >= 4 is 29.4 Å². The van der Waals surface area contributed by atoms with Crippen molar-refractivity contribution in [3.63, 3.8) is 0 Å². The van der Waals surface area contributed by atoms with Crippen LogP contribution < -0.4 is 15.0 Å². The number of nitrogens with one attached hydrogen (secondary N) is 1. The normalized spacial score (nSPS) is 23.2. The smallest absolute Gasteiger partial charge is 0.257 e. The van der Waals surface area contributed by atoms with Crippen LogP contribution in [0.5, 0.6) is 5.75 Å². The Bertz CT molecular complexity index is 1310. The van der Waals surface area contributed by atoms with Crippen LogP contribution in [0.25, 0.3) is 0 Å². The Balaban J connectivity index is 1.13. The van der Waals surface area contributed by atoms with Gasteiger partial charge in [0.15, 0.2) is 0 Å². The van der Waals surface area contributed by atoms with E-state index in [1.807, 2.05) is 23.1 Å². The number of anilines is 1. The maximum atomic E-state index is 13.7. The molecule has 2 aromatic rings. The molecule has 6 rings (SSSR count). The molecule has 2 atom stereocenters. The first-order valence-corrected chi connectivity index (χ1v) is 13.9. The third-order valence-corrected chi connectivity index (χ3v) is 8.25. The maximum Gasteiger partial charge on any atom is 0.257 e. The number of fused-ring (bicyclic) bond motifs is 1. The van der Waals surface area contributed by atoms with Gasteiger partial charge in [0.25, 0.3) is 11.8 Å². The van der Waals surface area contributed by atoms with E-state index in [1.165, 1.54) is 4.90 Å². The Morgan fingerprint density at radius 2 is 1.85 bits per heavy atom. The first-order chi connectivity index (χ1) is 19.0. The lowest BCUT2D eigenvalue weighted by Gasteiger charge is -2.36. The van der Waals surface area contributed by atoms with Crippen molar-refractivity contribution in [1.29, 1.82) is 0 Å². The summed E-state index contributed by atoms with van der Waals surface area (Å²) in [6.07, 6.45) is 7.38. The van der Waals surface area contributed by atoms with Crippen LogP contribution in [0.3, 0.4) is 0 Å². The quantitative estimate of drug-likeness (QED) is 0.570. The third kappa shape index (κ3) is 4.95. The number of pyridine rings is 1. The standard InChI is InChI=1S/C29H33N5O5/c35-25-11-10-24(27(36)31-25)34-17-19-16-21(8-9-22(19)28(34)37)39-18-20-6-1-2-15-33(20)29(38)23-7-5-12-30-26(23)32-13-3-4-14-32/h5,7-9,12,16,20,24H,1-4,6,10-11,13-15,17-18H2,(H,31,35,36)/t20-,24?/m0/s1. The van der Waals surface area contributed by atoms with E-state index in [0.717, 1.165) is 56.6 Å². The molecule has 10 heteroatoms. The van der Waals surface area contributed by atoms with Crippen LogP contribution in [-0.2, 0) is 16.1 Å². The van der Waals surface area contributed by atoms with Gasteiger partial charge in [-0.3, -0.25) is 24.5 Å². The van der Waals surface area contributed by atoms with Gasteiger partial charge in [0.1, 0.15) is 24.2 Å². The molecule has 4 aliphatic rings. The predicted molar refractivity (Wildman–Crippen MR) is 142 cm³/mol. The van der Waals surface area contributed by atoms with Gasteiger partial charge in [0.05, 0.1) is 11.6 Å². The van der Waals surface area contributed by atoms with Crippen LogP contribution >= 0.6 is 0 Å². The zero-order valence-electron chi connectivity index (χ0n) is 21.9. The summed E-state index contributed by atoms with van der Waals surface area (Å²) in [6.45, 7) is 3.18. The van der Waals surface area contributed by atoms with Crippen molar-refractivity contribution in [3.8, 4) is 5.75 Å². The number of aromatic nitrogens is 1. The lowest BCUT2D eigenvalue weighted by molar-refractivity contribution is -0.136. The molecular formula is C29H33N5O5. The number of piperidine rings is 2. The monoisotopic (exact) mass is 531 g/mol.